The van der Waals surface area contributed by atoms with Gasteiger partial charge in [-0.1, -0.05) is 6.92 Å². The van der Waals surface area contributed by atoms with Crippen LogP contribution in [-0.2, 0) is 0 Å². The summed E-state index contributed by atoms with van der Waals surface area (Å²) in [7, 11) is 0. The summed E-state index contributed by atoms with van der Waals surface area (Å²) in [4.78, 5) is 2.71. The van der Waals surface area contributed by atoms with E-state index in [0.29, 0.717) is 0 Å². The van der Waals surface area contributed by atoms with Crippen LogP contribution in [0.15, 0.2) is 0 Å². The zero-order valence-corrected chi connectivity index (χ0v) is 8.76. The molecule has 0 aromatic rings. The van der Waals surface area contributed by atoms with Crippen molar-refractivity contribution in [1.82, 2.24) is 10.2 Å². The Bertz CT molecular complexity index is 152. The third kappa shape index (κ3) is 2.05. The topological polar surface area (TPSA) is 15.3 Å². The minimum absolute atomic E-state index is 0.932. The molecule has 1 saturated heterocycles. The summed E-state index contributed by atoms with van der Waals surface area (Å²) >= 11 is 0. The molecule has 2 heteroatoms. The summed E-state index contributed by atoms with van der Waals surface area (Å²) in [5.74, 6) is 0.957. The van der Waals surface area contributed by atoms with Crippen LogP contribution in [0.3, 0.4) is 0 Å². The first-order valence-corrected chi connectivity index (χ1v) is 5.86. The Labute approximate surface area is 81.7 Å². The van der Waals surface area contributed by atoms with Gasteiger partial charge in [-0.05, 0) is 57.8 Å². The summed E-state index contributed by atoms with van der Waals surface area (Å²) in [6.07, 6.45) is 5.78. The molecule has 1 saturated carbocycles. The van der Waals surface area contributed by atoms with Crippen LogP contribution in [0.4, 0.5) is 0 Å². The lowest BCUT2D eigenvalue weighted by molar-refractivity contribution is 0.0827. The highest BCUT2D eigenvalue weighted by Crippen LogP contribution is 2.33. The molecule has 0 amide bonds. The molecule has 76 valence electrons. The van der Waals surface area contributed by atoms with Gasteiger partial charge in [-0.2, -0.15) is 0 Å². The van der Waals surface area contributed by atoms with Gasteiger partial charge in [0.05, 0.1) is 0 Å². The second-order valence-corrected chi connectivity index (χ2v) is 4.46. The van der Waals surface area contributed by atoms with Crippen molar-refractivity contribution >= 4 is 0 Å². The Balaban J connectivity index is 1.73. The van der Waals surface area contributed by atoms with Crippen molar-refractivity contribution in [3.63, 3.8) is 0 Å². The highest BCUT2D eigenvalue weighted by molar-refractivity contribution is 4.91. The van der Waals surface area contributed by atoms with Gasteiger partial charge >= 0.3 is 0 Å². The number of hydrogen-bond acceptors (Lipinski definition) is 2. The number of nitrogens with one attached hydrogen (secondary N) is 1. The maximum Gasteiger partial charge on any atom is 0.0136 e. The van der Waals surface area contributed by atoms with Crippen molar-refractivity contribution in [2.45, 2.75) is 38.6 Å². The van der Waals surface area contributed by atoms with Gasteiger partial charge in [0.1, 0.15) is 0 Å². The van der Waals surface area contributed by atoms with Crippen LogP contribution in [0.25, 0.3) is 0 Å². The molecule has 2 nitrogen and oxygen atoms in total. The van der Waals surface area contributed by atoms with E-state index in [4.69, 9.17) is 0 Å². The van der Waals surface area contributed by atoms with Crippen molar-refractivity contribution < 1.29 is 0 Å². The fraction of sp³-hybridized carbons (Fsp3) is 1.00. The van der Waals surface area contributed by atoms with E-state index in [1.807, 2.05) is 0 Å². The molecule has 2 unspecified atom stereocenters. The van der Waals surface area contributed by atoms with E-state index in [-0.39, 0.29) is 0 Å². The van der Waals surface area contributed by atoms with Crippen LogP contribution >= 0.6 is 0 Å². The molecule has 2 rings (SSSR count). The van der Waals surface area contributed by atoms with E-state index in [0.717, 1.165) is 18.5 Å². The number of hydrogen-bond donors (Lipinski definition) is 1. The van der Waals surface area contributed by atoms with Crippen molar-refractivity contribution in [2.75, 3.05) is 26.2 Å². The lowest BCUT2D eigenvalue weighted by Crippen LogP contribution is -2.49. The minimum atomic E-state index is 0.932. The molecule has 1 aliphatic heterocycles. The Morgan fingerprint density at radius 2 is 2.00 bits per heavy atom. The van der Waals surface area contributed by atoms with Crippen LogP contribution in [-0.4, -0.2) is 37.1 Å². The zero-order chi connectivity index (χ0) is 9.10. The van der Waals surface area contributed by atoms with Crippen LogP contribution in [0, 0.1) is 5.92 Å². The molecule has 13 heavy (non-hydrogen) atoms. The molecule has 0 aromatic carbocycles. The Hall–Kier alpha value is -0.0800. The fourth-order valence-corrected chi connectivity index (χ4v) is 2.67. The van der Waals surface area contributed by atoms with Crippen LogP contribution < -0.4 is 5.32 Å². The van der Waals surface area contributed by atoms with Gasteiger partial charge in [0.15, 0.2) is 0 Å². The van der Waals surface area contributed by atoms with Gasteiger partial charge in [0, 0.05) is 6.04 Å². The van der Waals surface area contributed by atoms with E-state index < -0.39 is 0 Å². The van der Waals surface area contributed by atoms with Crippen molar-refractivity contribution in [2.24, 2.45) is 5.92 Å². The quantitative estimate of drug-likeness (QED) is 0.708. The maximum atomic E-state index is 3.48. The molecule has 0 radical (unpaired) electrons. The zero-order valence-electron chi connectivity index (χ0n) is 8.76. The molecule has 1 heterocycles. The second-order valence-electron chi connectivity index (χ2n) is 4.46. The molecule has 0 bridgehead atoms. The van der Waals surface area contributed by atoms with Gasteiger partial charge in [-0.15, -0.1) is 0 Å². The van der Waals surface area contributed by atoms with Gasteiger partial charge in [0.25, 0.3) is 0 Å². The molecule has 1 N–H and O–H groups in total. The van der Waals surface area contributed by atoms with E-state index in [1.165, 1.54) is 45.3 Å². The predicted octanol–water partition coefficient (Wildman–Crippen LogP) is 1.47. The molecule has 1 aliphatic carbocycles. The number of likely N-dealkylation sites (tertiary alicyclic amines) is 1. The number of rotatable bonds is 4. The second kappa shape index (κ2) is 4.43. The fourth-order valence-electron chi connectivity index (χ4n) is 2.67. The summed E-state index contributed by atoms with van der Waals surface area (Å²) in [6.45, 7) is 7.31. The van der Waals surface area contributed by atoms with E-state index in [9.17, 15) is 0 Å². The first kappa shape index (κ1) is 9.47. The van der Waals surface area contributed by atoms with E-state index >= 15 is 0 Å². The molecular formula is C11H22N2. The van der Waals surface area contributed by atoms with Gasteiger partial charge in [0.2, 0.25) is 0 Å². The molecule has 0 aromatic heterocycles. The highest BCUT2D eigenvalue weighted by Gasteiger charge is 2.35. The monoisotopic (exact) mass is 182 g/mol. The van der Waals surface area contributed by atoms with Crippen molar-refractivity contribution in [3.8, 4) is 0 Å². The number of nitrogens with zero attached hydrogens (tertiary/aromatic N) is 1. The van der Waals surface area contributed by atoms with Gasteiger partial charge in [-0.3, -0.25) is 0 Å². The summed E-state index contributed by atoms with van der Waals surface area (Å²) in [5.41, 5.74) is 0. The summed E-state index contributed by atoms with van der Waals surface area (Å²) < 4.78 is 0. The van der Waals surface area contributed by atoms with Crippen LogP contribution in [0.1, 0.15) is 32.6 Å². The third-order valence-electron chi connectivity index (χ3n) is 3.64. The molecule has 2 fully saturated rings. The molecular weight excluding hydrogens is 160 g/mol. The van der Waals surface area contributed by atoms with E-state index in [1.54, 1.807) is 0 Å². The summed E-state index contributed by atoms with van der Waals surface area (Å²) in [5, 5.41) is 3.48. The third-order valence-corrected chi connectivity index (χ3v) is 3.64. The Morgan fingerprint density at radius 3 is 2.54 bits per heavy atom. The van der Waals surface area contributed by atoms with Crippen LogP contribution in [0.5, 0.6) is 0 Å². The maximum absolute atomic E-state index is 3.48. The lowest BCUT2D eigenvalue weighted by Gasteiger charge is -2.43. The Kier molecular flexibility index (Phi) is 3.23. The molecule has 2 atom stereocenters. The summed E-state index contributed by atoms with van der Waals surface area (Å²) in [6, 6.07) is 0.932. The van der Waals surface area contributed by atoms with Crippen LogP contribution in [0.2, 0.25) is 0 Å². The van der Waals surface area contributed by atoms with Gasteiger partial charge in [-0.25, -0.2) is 0 Å². The lowest BCUT2D eigenvalue weighted by atomic mass is 9.78. The molecule has 2 aliphatic rings. The first-order chi connectivity index (χ1) is 6.42. The van der Waals surface area contributed by atoms with Gasteiger partial charge < -0.3 is 10.2 Å². The van der Waals surface area contributed by atoms with Crippen molar-refractivity contribution in [3.05, 3.63) is 0 Å². The first-order valence-electron chi connectivity index (χ1n) is 5.86. The predicted molar refractivity (Wildman–Crippen MR) is 55.9 cm³/mol. The smallest absolute Gasteiger partial charge is 0.0136 e. The minimum Gasteiger partial charge on any atom is -0.317 e. The average Bonchev–Trinajstić information content (AvgIpc) is 2.56. The van der Waals surface area contributed by atoms with Crippen molar-refractivity contribution in [1.29, 1.82) is 0 Å². The average molecular weight is 182 g/mol. The SMILES string of the molecule is CCNCC1CCC1N1CCCC1. The molecule has 0 spiro atoms. The Morgan fingerprint density at radius 1 is 1.23 bits per heavy atom. The largest absolute Gasteiger partial charge is 0.317 e. The normalized spacial score (nSPS) is 34.8. The van der Waals surface area contributed by atoms with E-state index in [2.05, 4.69) is 17.1 Å². The standard InChI is InChI=1S/C11H22N2/c1-2-12-9-10-5-6-11(10)13-7-3-4-8-13/h10-12H,2-9H2,1H3. The highest BCUT2D eigenvalue weighted by atomic mass is 15.2.